The van der Waals surface area contributed by atoms with E-state index >= 15 is 0 Å². The number of amides is 1. The Morgan fingerprint density at radius 1 is 1.10 bits per heavy atom. The molecule has 8 heteroatoms. The molecule has 2 aromatic carbocycles. The summed E-state index contributed by atoms with van der Waals surface area (Å²) in [6.07, 6.45) is 3.94. The van der Waals surface area contributed by atoms with Crippen LogP contribution in [0.15, 0.2) is 36.7 Å². The predicted molar refractivity (Wildman–Crippen MR) is 117 cm³/mol. The number of aromatic nitrogens is 2. The number of carbonyl (C=O) groups is 1. The van der Waals surface area contributed by atoms with E-state index in [1.165, 1.54) is 18.2 Å². The first-order valence-corrected chi connectivity index (χ1v) is 10.5. The molecule has 0 bridgehead atoms. The second-order valence-electron chi connectivity index (χ2n) is 7.53. The maximum Gasteiger partial charge on any atom is 0.256 e. The van der Waals surface area contributed by atoms with Gasteiger partial charge in [-0.05, 0) is 43.5 Å². The summed E-state index contributed by atoms with van der Waals surface area (Å²) in [6.45, 7) is 1.09. The van der Waals surface area contributed by atoms with Gasteiger partial charge in [-0.1, -0.05) is 11.6 Å². The number of benzene rings is 2. The van der Waals surface area contributed by atoms with Crippen LogP contribution in [0.25, 0.3) is 10.9 Å². The third kappa shape index (κ3) is 4.28. The molecule has 6 nitrogen and oxygen atoms in total. The van der Waals surface area contributed by atoms with Crippen molar-refractivity contribution >= 4 is 28.4 Å². The van der Waals surface area contributed by atoms with Crippen molar-refractivity contribution < 1.29 is 18.7 Å². The van der Waals surface area contributed by atoms with Crippen molar-refractivity contribution in [2.24, 2.45) is 0 Å². The molecule has 0 aliphatic carbocycles. The van der Waals surface area contributed by atoms with Crippen LogP contribution in [-0.2, 0) is 0 Å². The molecule has 0 radical (unpaired) electrons. The first kappa shape index (κ1) is 21.3. The first-order valence-electron chi connectivity index (χ1n) is 10.1. The molecular formula is C23H23ClFN3O3. The van der Waals surface area contributed by atoms with Gasteiger partial charge in [0, 0.05) is 35.5 Å². The molecule has 1 saturated heterocycles. The molecule has 1 aliphatic heterocycles. The number of fused-ring (bicyclic) bond motifs is 1. The van der Waals surface area contributed by atoms with Crippen molar-refractivity contribution in [2.45, 2.75) is 25.2 Å². The van der Waals surface area contributed by atoms with Crippen molar-refractivity contribution in [2.75, 3.05) is 27.3 Å². The van der Waals surface area contributed by atoms with Crippen LogP contribution in [0, 0.1) is 5.82 Å². The lowest BCUT2D eigenvalue weighted by atomic mass is 9.93. The quantitative estimate of drug-likeness (QED) is 0.576. The zero-order valence-corrected chi connectivity index (χ0v) is 18.2. The molecule has 31 heavy (non-hydrogen) atoms. The fraction of sp³-hybridized carbons (Fsp3) is 0.348. The Hall–Kier alpha value is -2.93. The number of methoxy groups -OCH3 is 2. The standard InChI is InChI=1S/C23H23ClFN3O3/c1-30-20-11-17-19(12-21(20)31-2)26-13-27-22(17)14-4-3-8-28(9-7-14)23(29)16-6-5-15(24)10-18(16)25/h5-6,10-14H,3-4,7-9H2,1-2H3. The van der Waals surface area contributed by atoms with Gasteiger partial charge in [0.15, 0.2) is 11.5 Å². The number of carbonyl (C=O) groups excluding carboxylic acids is 1. The van der Waals surface area contributed by atoms with E-state index in [4.69, 9.17) is 21.1 Å². The van der Waals surface area contributed by atoms with Crippen molar-refractivity contribution in [1.29, 1.82) is 0 Å². The Bertz CT molecular complexity index is 1120. The number of likely N-dealkylation sites (tertiary alicyclic amines) is 1. The van der Waals surface area contributed by atoms with E-state index in [9.17, 15) is 9.18 Å². The molecule has 0 N–H and O–H groups in total. The zero-order chi connectivity index (χ0) is 22.0. The normalized spacial score (nSPS) is 16.8. The number of halogens is 2. The second kappa shape index (κ2) is 9.06. The number of rotatable bonds is 4. The van der Waals surface area contributed by atoms with Gasteiger partial charge in [0.25, 0.3) is 5.91 Å². The highest BCUT2D eigenvalue weighted by atomic mass is 35.5. The van der Waals surface area contributed by atoms with Crippen molar-refractivity contribution in [3.8, 4) is 11.5 Å². The molecular weight excluding hydrogens is 421 g/mol. The highest BCUT2D eigenvalue weighted by molar-refractivity contribution is 6.30. The van der Waals surface area contributed by atoms with Crippen LogP contribution < -0.4 is 9.47 Å². The average Bonchev–Trinajstić information content (AvgIpc) is 3.03. The van der Waals surface area contributed by atoms with Crippen LogP contribution >= 0.6 is 11.6 Å². The number of ether oxygens (including phenoxy) is 2. The van der Waals surface area contributed by atoms with E-state index in [-0.39, 0.29) is 22.4 Å². The Balaban J connectivity index is 1.59. The summed E-state index contributed by atoms with van der Waals surface area (Å²) >= 11 is 5.82. The summed E-state index contributed by atoms with van der Waals surface area (Å²) in [7, 11) is 3.18. The summed E-state index contributed by atoms with van der Waals surface area (Å²) in [5, 5.41) is 1.18. The molecule has 0 spiro atoms. The van der Waals surface area contributed by atoms with Gasteiger partial charge in [-0.3, -0.25) is 4.79 Å². The summed E-state index contributed by atoms with van der Waals surface area (Å²) < 4.78 is 25.1. The van der Waals surface area contributed by atoms with Crippen LogP contribution in [-0.4, -0.2) is 48.1 Å². The molecule has 0 saturated carbocycles. The molecule has 4 rings (SSSR count). The lowest BCUT2D eigenvalue weighted by molar-refractivity contribution is 0.0756. The Morgan fingerprint density at radius 3 is 2.61 bits per heavy atom. The minimum absolute atomic E-state index is 0.0483. The van der Waals surface area contributed by atoms with Gasteiger partial charge in [-0.15, -0.1) is 0 Å². The highest BCUT2D eigenvalue weighted by Crippen LogP contribution is 2.36. The smallest absolute Gasteiger partial charge is 0.256 e. The molecule has 162 valence electrons. The Labute approximate surface area is 185 Å². The van der Waals surface area contributed by atoms with E-state index in [0.717, 1.165) is 35.9 Å². The lowest BCUT2D eigenvalue weighted by Crippen LogP contribution is -2.32. The molecule has 1 aliphatic rings. The topological polar surface area (TPSA) is 64.6 Å². The van der Waals surface area contributed by atoms with Crippen molar-refractivity contribution in [3.05, 3.63) is 58.8 Å². The van der Waals surface area contributed by atoms with E-state index in [1.54, 1.807) is 25.4 Å². The third-order valence-corrected chi connectivity index (χ3v) is 5.97. The van der Waals surface area contributed by atoms with E-state index in [0.29, 0.717) is 24.6 Å². The minimum Gasteiger partial charge on any atom is -0.493 e. The maximum atomic E-state index is 14.2. The zero-order valence-electron chi connectivity index (χ0n) is 17.4. The summed E-state index contributed by atoms with van der Waals surface area (Å²) in [5.74, 6) is 0.475. The lowest BCUT2D eigenvalue weighted by Gasteiger charge is -2.21. The minimum atomic E-state index is -0.596. The number of hydrogen-bond acceptors (Lipinski definition) is 5. The molecule has 2 heterocycles. The SMILES string of the molecule is COc1cc2ncnc(C3CCCN(C(=O)c4ccc(Cl)cc4F)CC3)c2cc1OC. The van der Waals surface area contributed by atoms with Crippen LogP contribution in [0.1, 0.15) is 41.2 Å². The van der Waals surface area contributed by atoms with Crippen LogP contribution in [0.5, 0.6) is 11.5 Å². The third-order valence-electron chi connectivity index (χ3n) is 5.74. The molecule has 1 aromatic heterocycles. The molecule has 1 atom stereocenters. The van der Waals surface area contributed by atoms with Gasteiger partial charge in [0.05, 0.1) is 31.0 Å². The van der Waals surface area contributed by atoms with Gasteiger partial charge < -0.3 is 14.4 Å². The summed E-state index contributed by atoms with van der Waals surface area (Å²) in [5.41, 5.74) is 1.76. The van der Waals surface area contributed by atoms with Gasteiger partial charge in [-0.2, -0.15) is 0 Å². The van der Waals surface area contributed by atoms with Gasteiger partial charge >= 0.3 is 0 Å². The Kier molecular flexibility index (Phi) is 6.23. The predicted octanol–water partition coefficient (Wildman–Crippen LogP) is 4.85. The highest BCUT2D eigenvalue weighted by Gasteiger charge is 2.26. The van der Waals surface area contributed by atoms with E-state index < -0.39 is 5.82 Å². The fourth-order valence-electron chi connectivity index (χ4n) is 4.13. The summed E-state index contributed by atoms with van der Waals surface area (Å²) in [4.78, 5) is 23.5. The number of hydrogen-bond donors (Lipinski definition) is 0. The average molecular weight is 444 g/mol. The van der Waals surface area contributed by atoms with E-state index in [1.807, 2.05) is 12.1 Å². The first-order chi connectivity index (χ1) is 15.0. The van der Waals surface area contributed by atoms with Crippen molar-refractivity contribution in [1.82, 2.24) is 14.9 Å². The van der Waals surface area contributed by atoms with Gasteiger partial charge in [-0.25, -0.2) is 14.4 Å². The Morgan fingerprint density at radius 2 is 1.87 bits per heavy atom. The van der Waals surface area contributed by atoms with Crippen LogP contribution in [0.3, 0.4) is 0 Å². The maximum absolute atomic E-state index is 14.2. The second-order valence-corrected chi connectivity index (χ2v) is 7.96. The molecule has 1 fully saturated rings. The van der Waals surface area contributed by atoms with Gasteiger partial charge in [0.2, 0.25) is 0 Å². The monoisotopic (exact) mass is 443 g/mol. The fourth-order valence-corrected chi connectivity index (χ4v) is 4.29. The van der Waals surface area contributed by atoms with Crippen molar-refractivity contribution in [3.63, 3.8) is 0 Å². The summed E-state index contributed by atoms with van der Waals surface area (Å²) in [6, 6.07) is 7.90. The number of nitrogens with zero attached hydrogens (tertiary/aromatic N) is 3. The van der Waals surface area contributed by atoms with Crippen LogP contribution in [0.2, 0.25) is 5.02 Å². The molecule has 1 unspecified atom stereocenters. The molecule has 3 aromatic rings. The molecule has 1 amide bonds. The largest absolute Gasteiger partial charge is 0.493 e. The van der Waals surface area contributed by atoms with Crippen LogP contribution in [0.4, 0.5) is 4.39 Å². The van der Waals surface area contributed by atoms with E-state index in [2.05, 4.69) is 9.97 Å². The van der Waals surface area contributed by atoms with Gasteiger partial charge in [0.1, 0.15) is 12.1 Å².